The topological polar surface area (TPSA) is 53.9 Å². The fraction of sp³-hybridized carbons (Fsp3) is 0.500. The van der Waals surface area contributed by atoms with Crippen LogP contribution in [-0.4, -0.2) is 49.4 Å². The average molecular weight is 308 g/mol. The molecule has 120 valence electrons. The van der Waals surface area contributed by atoms with Crippen LogP contribution in [-0.2, 0) is 9.59 Å². The number of carbonyl (C=O) groups excluding carboxylic acids is 2. The van der Waals surface area contributed by atoms with Crippen LogP contribution in [0.1, 0.15) is 19.8 Å². The van der Waals surface area contributed by atoms with E-state index in [4.69, 9.17) is 0 Å². The monoisotopic (exact) mass is 308 g/mol. The van der Waals surface area contributed by atoms with Crippen LogP contribution in [0.15, 0.2) is 24.3 Å². The molecule has 0 bridgehead atoms. The molecule has 1 aromatic rings. The number of carbonyl (C=O) groups is 2. The summed E-state index contributed by atoms with van der Waals surface area (Å²) in [5.41, 5.74) is 0.427. The highest BCUT2D eigenvalue weighted by Gasteiger charge is 2.29. The predicted molar refractivity (Wildman–Crippen MR) is 82.1 cm³/mol. The van der Waals surface area contributed by atoms with E-state index < -0.39 is 5.82 Å². The first-order chi connectivity index (χ1) is 10.5. The molecule has 1 unspecified atom stereocenters. The van der Waals surface area contributed by atoms with E-state index in [1.165, 1.54) is 12.1 Å². The Morgan fingerprint density at radius 1 is 1.36 bits per heavy atom. The van der Waals surface area contributed by atoms with Crippen LogP contribution in [0.3, 0.4) is 0 Å². The molecular weight excluding hydrogens is 285 g/mol. The van der Waals surface area contributed by atoms with Gasteiger partial charge in [0.05, 0.1) is 7.05 Å². The Bertz CT molecular complexity index is 544. The van der Waals surface area contributed by atoms with Crippen molar-refractivity contribution in [3.8, 4) is 0 Å². The molecule has 2 amide bonds. The van der Waals surface area contributed by atoms with Crippen molar-refractivity contribution in [1.29, 1.82) is 0 Å². The minimum Gasteiger partial charge on any atom is -0.338 e. The van der Waals surface area contributed by atoms with Gasteiger partial charge in [0.25, 0.3) is 11.8 Å². The van der Waals surface area contributed by atoms with Gasteiger partial charge in [0.2, 0.25) is 0 Å². The van der Waals surface area contributed by atoms with Crippen LogP contribution >= 0.6 is 0 Å². The maximum atomic E-state index is 13.1. The largest absolute Gasteiger partial charge is 0.338 e. The second-order valence-corrected chi connectivity index (χ2v) is 5.84. The summed E-state index contributed by atoms with van der Waals surface area (Å²) < 4.78 is 13.1. The van der Waals surface area contributed by atoms with Crippen LogP contribution in [0, 0.1) is 5.82 Å². The average Bonchev–Trinajstić information content (AvgIpc) is 2.99. The molecule has 0 aromatic heterocycles. The van der Waals surface area contributed by atoms with E-state index in [-0.39, 0.29) is 24.4 Å². The highest BCUT2D eigenvalue weighted by Crippen LogP contribution is 2.09. The van der Waals surface area contributed by atoms with Crippen molar-refractivity contribution in [3.05, 3.63) is 30.1 Å². The lowest BCUT2D eigenvalue weighted by molar-refractivity contribution is -0.886. The molecular formula is C16H23FN3O2+. The molecule has 2 atom stereocenters. The van der Waals surface area contributed by atoms with Gasteiger partial charge in [-0.3, -0.25) is 9.59 Å². The quantitative estimate of drug-likeness (QED) is 0.821. The lowest BCUT2D eigenvalue weighted by Gasteiger charge is -2.24. The molecule has 2 N–H and O–H groups in total. The zero-order valence-corrected chi connectivity index (χ0v) is 13.1. The first-order valence-electron chi connectivity index (χ1n) is 7.64. The van der Waals surface area contributed by atoms with Gasteiger partial charge < -0.3 is 15.1 Å². The number of nitrogens with one attached hydrogen (secondary N) is 2. The van der Waals surface area contributed by atoms with Crippen LogP contribution in [0.25, 0.3) is 0 Å². The summed E-state index contributed by atoms with van der Waals surface area (Å²) in [7, 11) is 1.82. The maximum Gasteiger partial charge on any atom is 0.280 e. The second-order valence-electron chi connectivity index (χ2n) is 5.84. The molecule has 22 heavy (non-hydrogen) atoms. The summed E-state index contributed by atoms with van der Waals surface area (Å²) >= 11 is 0. The van der Waals surface area contributed by atoms with E-state index in [9.17, 15) is 14.0 Å². The fourth-order valence-electron chi connectivity index (χ4n) is 2.60. The zero-order valence-electron chi connectivity index (χ0n) is 13.1. The summed E-state index contributed by atoms with van der Waals surface area (Å²) in [5, 5.41) is 2.65. The standard InChI is InChI=1S/C16H22FN3O2/c1-12(16(22)20-8-3-4-9-20)19(2)11-15(21)18-14-7-5-6-13(17)10-14/h5-7,10,12H,3-4,8-9,11H2,1-2H3,(H,18,21)/p+1/t12-/m1/s1. The molecule has 0 aliphatic carbocycles. The molecule has 0 spiro atoms. The third-order valence-corrected chi connectivity index (χ3v) is 4.08. The number of likely N-dealkylation sites (N-methyl/N-ethyl adjacent to an activating group) is 1. The van der Waals surface area contributed by atoms with Gasteiger partial charge in [-0.15, -0.1) is 0 Å². The second kappa shape index (κ2) is 7.35. The van der Waals surface area contributed by atoms with Gasteiger partial charge in [0, 0.05) is 18.8 Å². The van der Waals surface area contributed by atoms with Crippen LogP contribution in [0.5, 0.6) is 0 Å². The van der Waals surface area contributed by atoms with Crippen molar-refractivity contribution >= 4 is 17.5 Å². The normalized spacial score (nSPS) is 17.1. The van der Waals surface area contributed by atoms with Gasteiger partial charge in [0.15, 0.2) is 12.6 Å². The van der Waals surface area contributed by atoms with Gasteiger partial charge in [-0.05, 0) is 38.0 Å². The Kier molecular flexibility index (Phi) is 5.49. The van der Waals surface area contributed by atoms with E-state index in [0.717, 1.165) is 30.8 Å². The number of amides is 2. The van der Waals surface area contributed by atoms with Crippen molar-refractivity contribution < 1.29 is 18.9 Å². The lowest BCUT2D eigenvalue weighted by atomic mass is 10.2. The number of rotatable bonds is 5. The van der Waals surface area contributed by atoms with E-state index in [2.05, 4.69) is 5.32 Å². The molecule has 5 nitrogen and oxygen atoms in total. The van der Waals surface area contributed by atoms with Crippen molar-refractivity contribution in [2.24, 2.45) is 0 Å². The summed E-state index contributed by atoms with van der Waals surface area (Å²) in [6.07, 6.45) is 2.11. The fourth-order valence-corrected chi connectivity index (χ4v) is 2.60. The number of hydrogen-bond acceptors (Lipinski definition) is 2. The third-order valence-electron chi connectivity index (χ3n) is 4.08. The molecule has 1 aliphatic rings. The zero-order chi connectivity index (χ0) is 16.1. The van der Waals surface area contributed by atoms with Crippen LogP contribution in [0.4, 0.5) is 10.1 Å². The lowest BCUT2D eigenvalue weighted by Crippen LogP contribution is -3.15. The Labute approximate surface area is 130 Å². The maximum absolute atomic E-state index is 13.1. The third kappa shape index (κ3) is 4.27. The van der Waals surface area contributed by atoms with Crippen molar-refractivity contribution in [2.75, 3.05) is 32.0 Å². The first kappa shape index (κ1) is 16.4. The smallest absolute Gasteiger partial charge is 0.280 e. The highest BCUT2D eigenvalue weighted by atomic mass is 19.1. The van der Waals surface area contributed by atoms with Gasteiger partial charge >= 0.3 is 0 Å². The predicted octanol–water partition coefficient (Wildman–Crippen LogP) is 0.290. The molecule has 1 aromatic carbocycles. The Morgan fingerprint density at radius 3 is 2.68 bits per heavy atom. The van der Waals surface area contributed by atoms with Gasteiger partial charge in [-0.25, -0.2) is 4.39 Å². The number of halogens is 1. The van der Waals surface area contributed by atoms with Crippen molar-refractivity contribution in [1.82, 2.24) is 4.90 Å². The summed E-state index contributed by atoms with van der Waals surface area (Å²) in [5.74, 6) is -0.534. The summed E-state index contributed by atoms with van der Waals surface area (Å²) in [6.45, 7) is 3.63. The van der Waals surface area contributed by atoms with Gasteiger partial charge in [-0.1, -0.05) is 6.07 Å². The van der Waals surface area contributed by atoms with E-state index in [1.807, 2.05) is 18.9 Å². The van der Waals surface area contributed by atoms with E-state index in [0.29, 0.717) is 5.69 Å². The van der Waals surface area contributed by atoms with Gasteiger partial charge in [-0.2, -0.15) is 0 Å². The molecule has 0 saturated carbocycles. The molecule has 0 radical (unpaired) electrons. The van der Waals surface area contributed by atoms with Crippen molar-refractivity contribution in [2.45, 2.75) is 25.8 Å². The molecule has 6 heteroatoms. The minimum absolute atomic E-state index is 0.0913. The van der Waals surface area contributed by atoms with Gasteiger partial charge in [0.1, 0.15) is 5.82 Å². The van der Waals surface area contributed by atoms with E-state index >= 15 is 0 Å². The first-order valence-corrected chi connectivity index (χ1v) is 7.64. The molecule has 2 rings (SSSR count). The summed E-state index contributed by atoms with van der Waals surface area (Å²) in [6, 6.07) is 5.50. The van der Waals surface area contributed by atoms with Crippen molar-refractivity contribution in [3.63, 3.8) is 0 Å². The molecule has 1 aliphatic heterocycles. The Morgan fingerprint density at radius 2 is 2.05 bits per heavy atom. The number of quaternary nitrogens is 1. The Balaban J connectivity index is 1.86. The van der Waals surface area contributed by atoms with E-state index in [1.54, 1.807) is 12.1 Å². The molecule has 1 saturated heterocycles. The number of likely N-dealkylation sites (tertiary alicyclic amines) is 1. The highest BCUT2D eigenvalue weighted by molar-refractivity contribution is 5.91. The van der Waals surface area contributed by atoms with Crippen LogP contribution < -0.4 is 10.2 Å². The number of benzene rings is 1. The SMILES string of the molecule is C[C@H](C(=O)N1CCCC1)[NH+](C)CC(=O)Nc1cccc(F)c1. The minimum atomic E-state index is -0.393. The molecule has 1 fully saturated rings. The molecule has 1 heterocycles. The number of anilines is 1. The van der Waals surface area contributed by atoms with Crippen LogP contribution in [0.2, 0.25) is 0 Å². The number of nitrogens with zero attached hydrogens (tertiary/aromatic N) is 1. The Hall–Kier alpha value is -1.95. The number of hydrogen-bond donors (Lipinski definition) is 2. The summed E-state index contributed by atoms with van der Waals surface area (Å²) in [4.78, 5) is 27.0.